The van der Waals surface area contributed by atoms with Crippen LogP contribution in [0, 0.1) is 17.8 Å². The topological polar surface area (TPSA) is 38.0 Å². The first-order chi connectivity index (χ1) is 3.93. The minimum absolute atomic E-state index is 0.885. The van der Waals surface area contributed by atoms with Gasteiger partial charge < -0.3 is 11.1 Å². The molecule has 1 aliphatic heterocycles. The quantitative estimate of drug-likeness (QED) is 0.476. The van der Waals surface area contributed by atoms with E-state index in [1.54, 1.807) is 0 Å². The molecule has 46 valence electrons. The molecule has 0 amide bonds. The molecule has 2 aliphatic rings. The van der Waals surface area contributed by atoms with E-state index < -0.39 is 0 Å². The predicted octanol–water partition coefficient (Wildman–Crippen LogP) is -0.590. The molecule has 0 spiro atoms. The van der Waals surface area contributed by atoms with Crippen LogP contribution < -0.4 is 11.1 Å². The summed E-state index contributed by atoms with van der Waals surface area (Å²) >= 11 is 0. The number of nitrogens with one attached hydrogen (secondary N) is 1. The third-order valence-corrected chi connectivity index (χ3v) is 2.54. The van der Waals surface area contributed by atoms with Crippen LogP contribution in [0.2, 0.25) is 0 Å². The Balaban J connectivity index is 1.94. The van der Waals surface area contributed by atoms with Crippen LogP contribution in [0.15, 0.2) is 0 Å². The number of fused-ring (bicyclic) bond motifs is 1. The van der Waals surface area contributed by atoms with Crippen LogP contribution in [0.5, 0.6) is 0 Å². The Labute approximate surface area is 49.4 Å². The van der Waals surface area contributed by atoms with Gasteiger partial charge in [0.05, 0.1) is 0 Å². The predicted molar refractivity (Wildman–Crippen MR) is 32.4 cm³/mol. The van der Waals surface area contributed by atoms with Gasteiger partial charge in [-0.25, -0.2) is 0 Å². The fourth-order valence-corrected chi connectivity index (χ4v) is 1.90. The van der Waals surface area contributed by atoms with Gasteiger partial charge in [-0.3, -0.25) is 0 Å². The Morgan fingerprint density at radius 3 is 2.38 bits per heavy atom. The van der Waals surface area contributed by atoms with Crippen LogP contribution in [-0.2, 0) is 0 Å². The minimum Gasteiger partial charge on any atom is -0.330 e. The third kappa shape index (κ3) is 0.446. The number of rotatable bonds is 1. The number of piperidine rings is 1. The first-order valence-electron chi connectivity index (χ1n) is 3.34. The van der Waals surface area contributed by atoms with Crippen molar-refractivity contribution in [2.45, 2.75) is 0 Å². The monoisotopic (exact) mass is 112 g/mol. The van der Waals surface area contributed by atoms with Gasteiger partial charge in [0.2, 0.25) is 0 Å². The van der Waals surface area contributed by atoms with Crippen LogP contribution in [0.1, 0.15) is 0 Å². The second-order valence-electron chi connectivity index (χ2n) is 2.89. The van der Waals surface area contributed by atoms with Crippen molar-refractivity contribution < 1.29 is 0 Å². The summed E-state index contributed by atoms with van der Waals surface area (Å²) in [5.74, 6) is 2.80. The first-order valence-corrected chi connectivity index (χ1v) is 3.34. The molecule has 1 heterocycles. The molecule has 2 nitrogen and oxygen atoms in total. The molecule has 3 atom stereocenters. The molecule has 2 fully saturated rings. The summed E-state index contributed by atoms with van der Waals surface area (Å²) in [7, 11) is 0. The molecule has 0 bridgehead atoms. The van der Waals surface area contributed by atoms with Gasteiger partial charge >= 0.3 is 0 Å². The highest BCUT2D eigenvalue weighted by molar-refractivity contribution is 5.03. The van der Waals surface area contributed by atoms with E-state index in [2.05, 4.69) is 5.32 Å². The van der Waals surface area contributed by atoms with E-state index in [0.717, 1.165) is 24.3 Å². The molecule has 0 aromatic carbocycles. The summed E-state index contributed by atoms with van der Waals surface area (Å²) < 4.78 is 0. The Morgan fingerprint density at radius 2 is 2.00 bits per heavy atom. The van der Waals surface area contributed by atoms with Crippen molar-refractivity contribution in [2.24, 2.45) is 23.5 Å². The number of nitrogens with two attached hydrogens (primary N) is 1. The average Bonchev–Trinajstić information content (AvgIpc) is 2.22. The van der Waals surface area contributed by atoms with Gasteiger partial charge in [0.1, 0.15) is 0 Å². The van der Waals surface area contributed by atoms with Crippen LogP contribution >= 0.6 is 0 Å². The van der Waals surface area contributed by atoms with E-state index >= 15 is 0 Å². The van der Waals surface area contributed by atoms with Gasteiger partial charge in [-0.1, -0.05) is 0 Å². The Kier molecular flexibility index (Phi) is 0.866. The molecule has 2 rings (SSSR count). The Morgan fingerprint density at radius 1 is 1.38 bits per heavy atom. The zero-order valence-electron chi connectivity index (χ0n) is 4.93. The highest BCUT2D eigenvalue weighted by atomic mass is 15.0. The second-order valence-corrected chi connectivity index (χ2v) is 2.89. The minimum atomic E-state index is 0.885. The molecule has 0 aromatic heterocycles. The van der Waals surface area contributed by atoms with Crippen LogP contribution in [0.3, 0.4) is 0 Å². The molecule has 0 radical (unpaired) electrons. The van der Waals surface area contributed by atoms with Gasteiger partial charge in [-0.2, -0.15) is 0 Å². The lowest BCUT2D eigenvalue weighted by Gasteiger charge is -1.97. The molecular formula is C6H12N2. The van der Waals surface area contributed by atoms with Crippen molar-refractivity contribution in [3.63, 3.8) is 0 Å². The molecule has 2 heteroatoms. The number of hydrogen-bond donors (Lipinski definition) is 2. The highest BCUT2D eigenvalue weighted by Gasteiger charge is 2.51. The van der Waals surface area contributed by atoms with Gasteiger partial charge in [0, 0.05) is 0 Å². The molecule has 3 N–H and O–H groups in total. The van der Waals surface area contributed by atoms with E-state index in [4.69, 9.17) is 5.73 Å². The lowest BCUT2D eigenvalue weighted by Crippen LogP contribution is -2.18. The molecular weight excluding hydrogens is 100 g/mol. The molecule has 0 aromatic rings. The first kappa shape index (κ1) is 4.77. The summed E-state index contributed by atoms with van der Waals surface area (Å²) in [6.07, 6.45) is 0. The maximum absolute atomic E-state index is 5.50. The summed E-state index contributed by atoms with van der Waals surface area (Å²) in [4.78, 5) is 0. The fraction of sp³-hybridized carbons (Fsp3) is 1.00. The van der Waals surface area contributed by atoms with Crippen molar-refractivity contribution in [1.29, 1.82) is 0 Å². The van der Waals surface area contributed by atoms with Crippen molar-refractivity contribution in [2.75, 3.05) is 19.6 Å². The molecule has 1 saturated heterocycles. The van der Waals surface area contributed by atoms with Crippen molar-refractivity contribution in [1.82, 2.24) is 5.32 Å². The lowest BCUT2D eigenvalue weighted by atomic mass is 10.3. The van der Waals surface area contributed by atoms with E-state index in [-0.39, 0.29) is 0 Å². The zero-order valence-corrected chi connectivity index (χ0v) is 4.93. The summed E-state index contributed by atoms with van der Waals surface area (Å²) in [5.41, 5.74) is 5.50. The smallest absolute Gasteiger partial charge is 0.00139 e. The van der Waals surface area contributed by atoms with Crippen molar-refractivity contribution in [3.8, 4) is 0 Å². The van der Waals surface area contributed by atoms with Gasteiger partial charge in [0.25, 0.3) is 0 Å². The molecule has 8 heavy (non-hydrogen) atoms. The maximum Gasteiger partial charge on any atom is -0.00139 e. The van der Waals surface area contributed by atoms with Crippen LogP contribution in [-0.4, -0.2) is 19.6 Å². The van der Waals surface area contributed by atoms with Crippen molar-refractivity contribution in [3.05, 3.63) is 0 Å². The largest absolute Gasteiger partial charge is 0.330 e. The van der Waals surface area contributed by atoms with E-state index in [0.29, 0.717) is 0 Å². The average molecular weight is 112 g/mol. The second kappa shape index (κ2) is 1.45. The Hall–Kier alpha value is -0.0800. The summed E-state index contributed by atoms with van der Waals surface area (Å²) in [6.45, 7) is 3.37. The Bertz CT molecular complexity index is 85.9. The van der Waals surface area contributed by atoms with Crippen LogP contribution in [0.25, 0.3) is 0 Å². The summed E-state index contributed by atoms with van der Waals surface area (Å²) in [6, 6.07) is 0. The van der Waals surface area contributed by atoms with E-state index in [1.165, 1.54) is 13.1 Å². The third-order valence-electron chi connectivity index (χ3n) is 2.54. The van der Waals surface area contributed by atoms with Gasteiger partial charge in [-0.05, 0) is 37.4 Å². The fourth-order valence-electron chi connectivity index (χ4n) is 1.90. The van der Waals surface area contributed by atoms with E-state index in [1.807, 2.05) is 0 Å². The normalized spacial score (nSPS) is 51.4. The summed E-state index contributed by atoms with van der Waals surface area (Å²) in [5, 5.41) is 3.33. The molecule has 1 aliphatic carbocycles. The van der Waals surface area contributed by atoms with E-state index in [9.17, 15) is 0 Å². The van der Waals surface area contributed by atoms with Crippen LogP contribution in [0.4, 0.5) is 0 Å². The molecule has 1 unspecified atom stereocenters. The van der Waals surface area contributed by atoms with Crippen molar-refractivity contribution >= 4 is 0 Å². The standard InChI is InChI=1S/C6H12N2/c7-1-4-5-2-8-3-6(4)5/h4-6,8H,1-3,7H2/t4?,5-,6+. The lowest BCUT2D eigenvalue weighted by molar-refractivity contribution is 0.604. The highest BCUT2D eigenvalue weighted by Crippen LogP contribution is 2.47. The van der Waals surface area contributed by atoms with Gasteiger partial charge in [-0.15, -0.1) is 0 Å². The molecule has 1 saturated carbocycles. The SMILES string of the molecule is NCC1[C@H]2CNC[C@@H]12. The zero-order chi connectivity index (χ0) is 5.56. The number of hydrogen-bond acceptors (Lipinski definition) is 2. The van der Waals surface area contributed by atoms with Gasteiger partial charge in [0.15, 0.2) is 0 Å². The maximum atomic E-state index is 5.50.